The summed E-state index contributed by atoms with van der Waals surface area (Å²) in [6, 6.07) is 13.3. The lowest BCUT2D eigenvalue weighted by Gasteiger charge is -2.40. The molecule has 1 aliphatic heterocycles. The lowest BCUT2D eigenvalue weighted by molar-refractivity contribution is -0.126. The van der Waals surface area contributed by atoms with E-state index in [1.807, 2.05) is 36.1 Å². The first-order chi connectivity index (χ1) is 20.7. The zero-order valence-corrected chi connectivity index (χ0v) is 24.2. The SMILES string of the molecule is C=CC(=O)N1CCN(c2nc(=O)n(Cc3ccccc3C(C)C)c3nc(-c4c(F)ccc5ccoc45)c(F)cc23)[C@@H](C)C1. The van der Waals surface area contributed by atoms with Gasteiger partial charge in [-0.15, -0.1) is 0 Å². The lowest BCUT2D eigenvalue weighted by atomic mass is 9.97. The van der Waals surface area contributed by atoms with E-state index in [2.05, 4.69) is 30.4 Å². The molecule has 1 aliphatic rings. The zero-order valence-electron chi connectivity index (χ0n) is 24.2. The highest BCUT2D eigenvalue weighted by atomic mass is 19.1. The molecule has 0 aliphatic carbocycles. The summed E-state index contributed by atoms with van der Waals surface area (Å²) in [5.41, 5.74) is 1.33. The molecule has 3 aromatic heterocycles. The average molecular weight is 584 g/mol. The van der Waals surface area contributed by atoms with Crippen molar-refractivity contribution < 1.29 is 18.0 Å². The van der Waals surface area contributed by atoms with Gasteiger partial charge in [0.15, 0.2) is 5.82 Å². The molecule has 0 radical (unpaired) electrons. The summed E-state index contributed by atoms with van der Waals surface area (Å²) in [6.07, 6.45) is 2.68. The van der Waals surface area contributed by atoms with E-state index < -0.39 is 17.3 Å². The van der Waals surface area contributed by atoms with E-state index in [1.165, 1.54) is 29.0 Å². The highest BCUT2D eigenvalue weighted by molar-refractivity contribution is 5.95. The Morgan fingerprint density at radius 2 is 1.91 bits per heavy atom. The maximum Gasteiger partial charge on any atom is 0.351 e. The molecule has 0 spiro atoms. The number of furan rings is 1. The van der Waals surface area contributed by atoms with Crippen LogP contribution in [-0.4, -0.2) is 51.0 Å². The van der Waals surface area contributed by atoms with Gasteiger partial charge in [-0.2, -0.15) is 4.98 Å². The third-order valence-electron chi connectivity index (χ3n) is 8.08. The number of pyridine rings is 1. The Morgan fingerprint density at radius 1 is 1.12 bits per heavy atom. The van der Waals surface area contributed by atoms with Gasteiger partial charge < -0.3 is 14.2 Å². The number of amides is 1. The molecule has 0 N–H and O–H groups in total. The van der Waals surface area contributed by atoms with E-state index in [-0.39, 0.29) is 52.7 Å². The van der Waals surface area contributed by atoms with E-state index in [4.69, 9.17) is 4.42 Å². The number of hydrogen-bond donors (Lipinski definition) is 0. The van der Waals surface area contributed by atoms with Crippen LogP contribution >= 0.6 is 0 Å². The van der Waals surface area contributed by atoms with Gasteiger partial charge in [0.05, 0.1) is 23.8 Å². The maximum atomic E-state index is 16.0. The number of carbonyl (C=O) groups is 1. The van der Waals surface area contributed by atoms with E-state index in [0.29, 0.717) is 30.4 Å². The van der Waals surface area contributed by atoms with E-state index >= 15 is 8.78 Å². The standard InChI is InChI=1S/C33H31F2N5O3/c1-5-27(41)38-13-14-39(20(4)17-38)32-24-16-26(35)29(28-25(34)11-10-21-12-15-43-30(21)28)36-31(24)40(33(42)37-32)18-22-8-6-7-9-23(22)19(2)3/h5-12,15-16,19-20H,1,13-14,17-18H2,2-4H3/t20-/m0/s1. The maximum absolute atomic E-state index is 16.0. The Morgan fingerprint density at radius 3 is 2.65 bits per heavy atom. The molecule has 10 heteroatoms. The van der Waals surface area contributed by atoms with E-state index in [0.717, 1.165) is 11.1 Å². The van der Waals surface area contributed by atoms with Crippen LogP contribution in [0.1, 0.15) is 37.8 Å². The molecule has 5 aromatic rings. The molecule has 6 rings (SSSR count). The van der Waals surface area contributed by atoms with Crippen LogP contribution in [0.25, 0.3) is 33.3 Å². The van der Waals surface area contributed by atoms with Crippen LogP contribution in [0.15, 0.2) is 76.7 Å². The van der Waals surface area contributed by atoms with Crippen molar-refractivity contribution in [1.29, 1.82) is 0 Å². The number of halogens is 2. The van der Waals surface area contributed by atoms with Crippen molar-refractivity contribution in [2.45, 2.75) is 39.3 Å². The summed E-state index contributed by atoms with van der Waals surface area (Å²) >= 11 is 0. The second-order valence-corrected chi connectivity index (χ2v) is 11.1. The fourth-order valence-corrected chi connectivity index (χ4v) is 5.93. The molecule has 1 atom stereocenters. The number of piperazine rings is 1. The van der Waals surface area contributed by atoms with Gasteiger partial charge in [0, 0.05) is 31.1 Å². The topological polar surface area (TPSA) is 84.5 Å². The van der Waals surface area contributed by atoms with Crippen LogP contribution in [0.2, 0.25) is 0 Å². The Labute approximate surface area is 246 Å². The van der Waals surface area contributed by atoms with Gasteiger partial charge in [0.25, 0.3) is 0 Å². The summed E-state index contributed by atoms with van der Waals surface area (Å²) in [7, 11) is 0. The highest BCUT2D eigenvalue weighted by Crippen LogP contribution is 2.36. The molecule has 8 nitrogen and oxygen atoms in total. The minimum absolute atomic E-state index is 0.119. The number of aromatic nitrogens is 3. The quantitative estimate of drug-likeness (QED) is 0.232. The Kier molecular flexibility index (Phi) is 7.29. The molecule has 2 aromatic carbocycles. The van der Waals surface area contributed by atoms with Crippen LogP contribution in [0.5, 0.6) is 0 Å². The Hall–Kier alpha value is -4.86. The minimum Gasteiger partial charge on any atom is -0.464 e. The smallest absolute Gasteiger partial charge is 0.351 e. The first kappa shape index (κ1) is 28.3. The van der Waals surface area contributed by atoms with Gasteiger partial charge in [-0.25, -0.2) is 18.6 Å². The van der Waals surface area contributed by atoms with Crippen molar-refractivity contribution in [3.63, 3.8) is 0 Å². The minimum atomic E-state index is -0.778. The summed E-state index contributed by atoms with van der Waals surface area (Å²) in [5, 5.41) is 0.905. The van der Waals surface area contributed by atoms with Gasteiger partial charge >= 0.3 is 5.69 Å². The number of nitrogens with zero attached hydrogens (tertiary/aromatic N) is 5. The normalized spacial score (nSPS) is 15.5. The van der Waals surface area contributed by atoms with Crippen LogP contribution in [-0.2, 0) is 11.3 Å². The molecule has 220 valence electrons. The summed E-state index contributed by atoms with van der Waals surface area (Å²) in [4.78, 5) is 38.7. The number of benzene rings is 2. The number of rotatable bonds is 6. The van der Waals surface area contributed by atoms with Crippen LogP contribution in [0.3, 0.4) is 0 Å². The zero-order chi connectivity index (χ0) is 30.4. The van der Waals surface area contributed by atoms with Gasteiger partial charge in [0.2, 0.25) is 5.91 Å². The third-order valence-corrected chi connectivity index (χ3v) is 8.08. The van der Waals surface area contributed by atoms with Gasteiger partial charge in [-0.1, -0.05) is 44.7 Å². The second-order valence-electron chi connectivity index (χ2n) is 11.1. The van der Waals surface area contributed by atoms with E-state index in [1.54, 1.807) is 17.0 Å². The van der Waals surface area contributed by atoms with Crippen molar-refractivity contribution in [1.82, 2.24) is 19.4 Å². The van der Waals surface area contributed by atoms with Crippen LogP contribution in [0, 0.1) is 11.6 Å². The largest absolute Gasteiger partial charge is 0.464 e. The molecule has 0 unspecified atom stereocenters. The molecule has 4 heterocycles. The number of carbonyl (C=O) groups excluding carboxylic acids is 1. The molecular weight excluding hydrogens is 552 g/mol. The van der Waals surface area contributed by atoms with Crippen LogP contribution < -0.4 is 10.6 Å². The van der Waals surface area contributed by atoms with E-state index in [9.17, 15) is 9.59 Å². The molecule has 43 heavy (non-hydrogen) atoms. The van der Waals surface area contributed by atoms with Crippen molar-refractivity contribution in [2.24, 2.45) is 0 Å². The number of anilines is 1. The lowest BCUT2D eigenvalue weighted by Crippen LogP contribution is -2.54. The molecule has 0 bridgehead atoms. The van der Waals surface area contributed by atoms with Crippen molar-refractivity contribution in [3.8, 4) is 11.3 Å². The highest BCUT2D eigenvalue weighted by Gasteiger charge is 2.30. The first-order valence-corrected chi connectivity index (χ1v) is 14.2. The fourth-order valence-electron chi connectivity index (χ4n) is 5.93. The molecule has 1 saturated heterocycles. The molecule has 1 fully saturated rings. The third kappa shape index (κ3) is 4.96. The van der Waals surface area contributed by atoms with Crippen molar-refractivity contribution in [3.05, 3.63) is 101 Å². The summed E-state index contributed by atoms with van der Waals surface area (Å²) < 4.78 is 38.3. The van der Waals surface area contributed by atoms with Crippen molar-refractivity contribution in [2.75, 3.05) is 24.5 Å². The number of hydrogen-bond acceptors (Lipinski definition) is 6. The van der Waals surface area contributed by atoms with Gasteiger partial charge in [0.1, 0.15) is 28.6 Å². The summed E-state index contributed by atoms with van der Waals surface area (Å²) in [5.74, 6) is -1.21. The molecular formula is C33H31F2N5O3. The Balaban J connectivity index is 1.58. The van der Waals surface area contributed by atoms with Crippen molar-refractivity contribution >= 4 is 33.7 Å². The molecule has 1 amide bonds. The first-order valence-electron chi connectivity index (χ1n) is 14.2. The predicted molar refractivity (Wildman–Crippen MR) is 162 cm³/mol. The van der Waals surface area contributed by atoms with Gasteiger partial charge in [-0.3, -0.25) is 9.36 Å². The monoisotopic (exact) mass is 583 g/mol. The van der Waals surface area contributed by atoms with Crippen LogP contribution in [0.4, 0.5) is 14.6 Å². The second kappa shape index (κ2) is 11.1. The average Bonchev–Trinajstić information content (AvgIpc) is 3.47. The molecule has 0 saturated carbocycles. The Bertz CT molecular complexity index is 1950. The van der Waals surface area contributed by atoms with Gasteiger partial charge in [-0.05, 0) is 54.3 Å². The fraction of sp³-hybridized carbons (Fsp3) is 0.273. The summed E-state index contributed by atoms with van der Waals surface area (Å²) in [6.45, 7) is 10.9. The number of fused-ring (bicyclic) bond motifs is 2. The predicted octanol–water partition coefficient (Wildman–Crippen LogP) is 5.88.